The summed E-state index contributed by atoms with van der Waals surface area (Å²) in [6, 6.07) is 4.52. The molecule has 0 saturated carbocycles. The molecule has 0 radical (unpaired) electrons. The van der Waals surface area contributed by atoms with Crippen LogP contribution in [0.3, 0.4) is 0 Å². The summed E-state index contributed by atoms with van der Waals surface area (Å²) in [5.74, 6) is 0.474. The molecule has 6 heteroatoms. The van der Waals surface area contributed by atoms with Gasteiger partial charge in [-0.2, -0.15) is 8.78 Å². The fraction of sp³-hybridized carbons (Fsp3) is 0.500. The Kier molecular flexibility index (Phi) is 4.96. The molecule has 0 N–H and O–H groups in total. The normalized spacial score (nSPS) is 16.6. The molecule has 1 aliphatic heterocycles. The van der Waals surface area contributed by atoms with Crippen molar-refractivity contribution in [2.24, 2.45) is 5.92 Å². The maximum absolute atomic E-state index is 12.3. The van der Waals surface area contributed by atoms with E-state index < -0.39 is 6.61 Å². The van der Waals surface area contributed by atoms with Crippen LogP contribution in [0.2, 0.25) is 0 Å². The molecule has 0 spiro atoms. The lowest BCUT2D eigenvalue weighted by Gasteiger charge is -2.30. The third-order valence-corrected chi connectivity index (χ3v) is 4.12. The van der Waals surface area contributed by atoms with Crippen molar-refractivity contribution >= 4 is 21.8 Å². The van der Waals surface area contributed by atoms with Crippen molar-refractivity contribution in [1.29, 1.82) is 0 Å². The molecule has 0 bridgehead atoms. The molecule has 0 aliphatic carbocycles. The lowest BCUT2D eigenvalue weighted by atomic mass is 9.98. The zero-order chi connectivity index (χ0) is 14.7. The van der Waals surface area contributed by atoms with Crippen LogP contribution < -0.4 is 4.74 Å². The molecular formula is C14H16BrF2NO2. The van der Waals surface area contributed by atoms with Gasteiger partial charge in [0.15, 0.2) is 0 Å². The van der Waals surface area contributed by atoms with Crippen LogP contribution >= 0.6 is 15.9 Å². The molecule has 1 aliphatic rings. The van der Waals surface area contributed by atoms with Crippen molar-refractivity contribution in [3.05, 3.63) is 28.2 Å². The number of rotatable bonds is 3. The molecule has 1 amide bonds. The maximum atomic E-state index is 12.3. The Labute approximate surface area is 125 Å². The Morgan fingerprint density at radius 3 is 2.65 bits per heavy atom. The summed E-state index contributed by atoms with van der Waals surface area (Å²) in [6.07, 6.45) is 1.95. The summed E-state index contributed by atoms with van der Waals surface area (Å²) < 4.78 is 29.4. The first-order chi connectivity index (χ1) is 9.47. The molecule has 1 saturated heterocycles. The van der Waals surface area contributed by atoms with Crippen molar-refractivity contribution in [3.63, 3.8) is 0 Å². The second-order valence-corrected chi connectivity index (χ2v) is 5.85. The predicted octanol–water partition coefficient (Wildman–Crippen LogP) is 3.92. The van der Waals surface area contributed by atoms with Gasteiger partial charge < -0.3 is 9.64 Å². The number of piperidine rings is 1. The number of benzene rings is 1. The maximum Gasteiger partial charge on any atom is 0.387 e. The molecule has 0 aromatic heterocycles. The molecule has 2 rings (SSSR count). The number of carbonyl (C=O) groups is 1. The average molecular weight is 348 g/mol. The molecule has 0 unspecified atom stereocenters. The largest absolute Gasteiger partial charge is 0.434 e. The summed E-state index contributed by atoms with van der Waals surface area (Å²) in [5, 5.41) is 0. The Balaban J connectivity index is 2.13. The van der Waals surface area contributed by atoms with Gasteiger partial charge in [0.05, 0.1) is 4.47 Å². The number of halogens is 3. The molecule has 3 nitrogen and oxygen atoms in total. The smallest absolute Gasteiger partial charge is 0.387 e. The number of carbonyl (C=O) groups excluding carboxylic acids is 1. The summed E-state index contributed by atoms with van der Waals surface area (Å²) in [6.45, 7) is 0.672. The van der Waals surface area contributed by atoms with Gasteiger partial charge in [-0.05, 0) is 52.9 Å². The van der Waals surface area contributed by atoms with Gasteiger partial charge in [0.2, 0.25) is 0 Å². The first-order valence-corrected chi connectivity index (χ1v) is 7.30. The van der Waals surface area contributed by atoms with Gasteiger partial charge in [-0.15, -0.1) is 0 Å². The SMILES string of the molecule is CC1CCN(C(=O)c2ccc(Br)c(OC(F)F)c2)CC1. The van der Waals surface area contributed by atoms with Crippen LogP contribution in [-0.2, 0) is 0 Å². The van der Waals surface area contributed by atoms with Crippen LogP contribution in [-0.4, -0.2) is 30.5 Å². The van der Waals surface area contributed by atoms with Gasteiger partial charge in [0.25, 0.3) is 5.91 Å². The van der Waals surface area contributed by atoms with Crippen molar-refractivity contribution in [2.45, 2.75) is 26.4 Å². The van der Waals surface area contributed by atoms with Gasteiger partial charge in [0, 0.05) is 18.7 Å². The lowest BCUT2D eigenvalue weighted by Crippen LogP contribution is -2.37. The van der Waals surface area contributed by atoms with Crippen LogP contribution in [0.4, 0.5) is 8.78 Å². The van der Waals surface area contributed by atoms with E-state index in [2.05, 4.69) is 27.6 Å². The highest BCUT2D eigenvalue weighted by Gasteiger charge is 2.22. The van der Waals surface area contributed by atoms with Gasteiger partial charge >= 0.3 is 6.61 Å². The zero-order valence-corrected chi connectivity index (χ0v) is 12.7. The number of likely N-dealkylation sites (tertiary alicyclic amines) is 1. The second-order valence-electron chi connectivity index (χ2n) is 5.00. The highest BCUT2D eigenvalue weighted by molar-refractivity contribution is 9.10. The quantitative estimate of drug-likeness (QED) is 0.829. The van der Waals surface area contributed by atoms with Crippen LogP contribution in [0.5, 0.6) is 5.75 Å². The first-order valence-electron chi connectivity index (χ1n) is 6.51. The van der Waals surface area contributed by atoms with E-state index >= 15 is 0 Å². The first kappa shape index (κ1) is 15.2. The second kappa shape index (κ2) is 6.52. The number of alkyl halides is 2. The summed E-state index contributed by atoms with van der Waals surface area (Å²) >= 11 is 3.13. The summed E-state index contributed by atoms with van der Waals surface area (Å²) in [7, 11) is 0. The number of hydrogen-bond donors (Lipinski definition) is 0. The van der Waals surface area contributed by atoms with E-state index in [-0.39, 0.29) is 11.7 Å². The van der Waals surface area contributed by atoms with E-state index in [1.54, 1.807) is 17.0 Å². The highest BCUT2D eigenvalue weighted by Crippen LogP contribution is 2.28. The Morgan fingerprint density at radius 1 is 1.40 bits per heavy atom. The van der Waals surface area contributed by atoms with Gasteiger partial charge in [-0.3, -0.25) is 4.79 Å². The Bertz CT molecular complexity index is 488. The van der Waals surface area contributed by atoms with Crippen LogP contribution in [0.1, 0.15) is 30.1 Å². The topological polar surface area (TPSA) is 29.5 Å². The molecule has 1 aromatic carbocycles. The van der Waals surface area contributed by atoms with Gasteiger partial charge in [0.1, 0.15) is 5.75 Å². The lowest BCUT2D eigenvalue weighted by molar-refractivity contribution is -0.0504. The third kappa shape index (κ3) is 3.69. The number of ether oxygens (including phenoxy) is 1. The van der Waals surface area contributed by atoms with E-state index in [1.165, 1.54) is 6.07 Å². The Morgan fingerprint density at radius 2 is 2.05 bits per heavy atom. The van der Waals surface area contributed by atoms with Crippen LogP contribution in [0.15, 0.2) is 22.7 Å². The van der Waals surface area contributed by atoms with Crippen molar-refractivity contribution in [3.8, 4) is 5.75 Å². The van der Waals surface area contributed by atoms with Gasteiger partial charge in [-0.1, -0.05) is 6.92 Å². The minimum absolute atomic E-state index is 0.0174. The predicted molar refractivity (Wildman–Crippen MR) is 75.1 cm³/mol. The molecule has 1 aromatic rings. The molecule has 1 fully saturated rings. The monoisotopic (exact) mass is 347 g/mol. The molecule has 110 valence electrons. The van der Waals surface area contributed by atoms with E-state index in [1.807, 2.05) is 0 Å². The fourth-order valence-corrected chi connectivity index (χ4v) is 2.56. The number of hydrogen-bond acceptors (Lipinski definition) is 2. The standard InChI is InChI=1S/C14H16BrF2NO2/c1-9-4-6-18(7-5-9)13(19)10-2-3-11(15)12(8-10)20-14(16)17/h2-3,8-9,14H,4-7H2,1H3. The molecular weight excluding hydrogens is 332 g/mol. The zero-order valence-electron chi connectivity index (χ0n) is 11.1. The van der Waals surface area contributed by atoms with Crippen molar-refractivity contribution < 1.29 is 18.3 Å². The van der Waals surface area contributed by atoms with Gasteiger partial charge in [-0.25, -0.2) is 0 Å². The van der Waals surface area contributed by atoms with Crippen molar-refractivity contribution in [2.75, 3.05) is 13.1 Å². The average Bonchev–Trinajstić information content (AvgIpc) is 2.41. The minimum atomic E-state index is -2.91. The molecule has 0 atom stereocenters. The van der Waals surface area contributed by atoms with E-state index in [4.69, 9.17) is 0 Å². The minimum Gasteiger partial charge on any atom is -0.434 e. The molecule has 1 heterocycles. The van der Waals surface area contributed by atoms with Crippen molar-refractivity contribution in [1.82, 2.24) is 4.90 Å². The molecule has 20 heavy (non-hydrogen) atoms. The van der Waals surface area contributed by atoms with E-state index in [9.17, 15) is 13.6 Å². The third-order valence-electron chi connectivity index (χ3n) is 3.47. The van der Waals surface area contributed by atoms with Crippen LogP contribution in [0, 0.1) is 5.92 Å². The summed E-state index contributed by atoms with van der Waals surface area (Å²) in [4.78, 5) is 14.1. The number of amides is 1. The summed E-state index contributed by atoms with van der Waals surface area (Å²) in [5.41, 5.74) is 0.374. The number of nitrogens with zero attached hydrogens (tertiary/aromatic N) is 1. The fourth-order valence-electron chi connectivity index (χ4n) is 2.22. The van der Waals surface area contributed by atoms with E-state index in [0.29, 0.717) is 29.0 Å². The Hall–Kier alpha value is -1.17. The van der Waals surface area contributed by atoms with E-state index in [0.717, 1.165) is 12.8 Å². The van der Waals surface area contributed by atoms with Crippen LogP contribution in [0.25, 0.3) is 0 Å². The highest BCUT2D eigenvalue weighted by atomic mass is 79.9.